The molecule has 0 aliphatic carbocycles. The van der Waals surface area contributed by atoms with Crippen molar-refractivity contribution in [3.8, 4) is 0 Å². The molecule has 0 bridgehead atoms. The molecular formula is C22H15FN4O2S2. The molecular weight excluding hydrogens is 435 g/mol. The number of nitrogens with zero attached hydrogens (tertiary/aromatic N) is 4. The standard InChI is InChI=1S/C22H15FN4O2S2/c23-15-7-5-14(6-8-15)12-27-20(29)17-3-1-2-4-18(17)25-22(27)31-13-16-11-19(28)26-9-10-30-21(26)24-16/h1-11H,12-13H2. The smallest absolute Gasteiger partial charge is 0.262 e. The maximum absolute atomic E-state index is 13.3. The largest absolute Gasteiger partial charge is 0.283 e. The van der Waals surface area contributed by atoms with Gasteiger partial charge < -0.3 is 0 Å². The van der Waals surface area contributed by atoms with Crippen LogP contribution in [0, 0.1) is 5.82 Å². The lowest BCUT2D eigenvalue weighted by Crippen LogP contribution is -2.24. The highest BCUT2D eigenvalue weighted by atomic mass is 32.2. The van der Waals surface area contributed by atoms with Crippen LogP contribution in [0.2, 0.25) is 0 Å². The fourth-order valence-electron chi connectivity index (χ4n) is 3.27. The third kappa shape index (κ3) is 3.89. The van der Waals surface area contributed by atoms with E-state index in [0.717, 1.165) is 5.56 Å². The van der Waals surface area contributed by atoms with Gasteiger partial charge in [0.05, 0.1) is 23.1 Å². The van der Waals surface area contributed by atoms with Crippen molar-refractivity contribution in [2.45, 2.75) is 17.5 Å². The molecule has 0 fully saturated rings. The van der Waals surface area contributed by atoms with E-state index in [-0.39, 0.29) is 23.5 Å². The second-order valence-corrected chi connectivity index (χ2v) is 8.67. The van der Waals surface area contributed by atoms with Gasteiger partial charge in [-0.1, -0.05) is 36.0 Å². The van der Waals surface area contributed by atoms with Crippen molar-refractivity contribution in [1.29, 1.82) is 0 Å². The summed E-state index contributed by atoms with van der Waals surface area (Å²) in [4.78, 5) is 35.3. The van der Waals surface area contributed by atoms with E-state index >= 15 is 0 Å². The second kappa shape index (κ2) is 8.09. The first-order valence-electron chi connectivity index (χ1n) is 9.41. The van der Waals surface area contributed by atoms with Crippen molar-refractivity contribution in [2.24, 2.45) is 0 Å². The highest BCUT2D eigenvalue weighted by Gasteiger charge is 2.13. The number of thioether (sulfide) groups is 1. The maximum Gasteiger partial charge on any atom is 0.262 e. The van der Waals surface area contributed by atoms with Gasteiger partial charge in [-0.05, 0) is 29.8 Å². The molecule has 3 heterocycles. The summed E-state index contributed by atoms with van der Waals surface area (Å²) in [6.07, 6.45) is 1.69. The van der Waals surface area contributed by atoms with Gasteiger partial charge in [-0.3, -0.25) is 18.6 Å². The number of para-hydroxylation sites is 1. The molecule has 0 atom stereocenters. The Kier molecular flexibility index (Phi) is 5.13. The van der Waals surface area contributed by atoms with Crippen LogP contribution in [0.25, 0.3) is 15.9 Å². The summed E-state index contributed by atoms with van der Waals surface area (Å²) in [6.45, 7) is 0.263. The van der Waals surface area contributed by atoms with Crippen molar-refractivity contribution >= 4 is 39.0 Å². The Bertz CT molecular complexity index is 1520. The summed E-state index contributed by atoms with van der Waals surface area (Å²) in [5.74, 6) is 0.0568. The number of hydrogen-bond donors (Lipinski definition) is 0. The number of halogens is 1. The Balaban J connectivity index is 1.54. The first kappa shape index (κ1) is 19.7. The van der Waals surface area contributed by atoms with Crippen LogP contribution in [-0.2, 0) is 12.3 Å². The first-order valence-corrected chi connectivity index (χ1v) is 11.3. The highest BCUT2D eigenvalue weighted by Crippen LogP contribution is 2.22. The average Bonchev–Trinajstić information content (AvgIpc) is 3.25. The minimum Gasteiger partial charge on any atom is -0.283 e. The zero-order chi connectivity index (χ0) is 21.4. The van der Waals surface area contributed by atoms with Gasteiger partial charge >= 0.3 is 0 Å². The maximum atomic E-state index is 13.3. The Labute approximate surface area is 183 Å². The fraction of sp³-hybridized carbons (Fsp3) is 0.0909. The summed E-state index contributed by atoms with van der Waals surface area (Å²) in [6, 6.07) is 14.7. The van der Waals surface area contributed by atoms with Crippen molar-refractivity contribution in [3.05, 3.63) is 104 Å². The molecule has 0 spiro atoms. The molecule has 3 aromatic heterocycles. The van der Waals surface area contributed by atoms with Crippen LogP contribution in [0.5, 0.6) is 0 Å². The van der Waals surface area contributed by atoms with Crippen molar-refractivity contribution < 1.29 is 4.39 Å². The number of benzene rings is 2. The Morgan fingerprint density at radius 2 is 1.84 bits per heavy atom. The summed E-state index contributed by atoms with van der Waals surface area (Å²) in [5.41, 5.74) is 1.70. The summed E-state index contributed by atoms with van der Waals surface area (Å²) < 4.78 is 16.4. The van der Waals surface area contributed by atoms with Crippen LogP contribution >= 0.6 is 23.1 Å². The molecule has 0 N–H and O–H groups in total. The zero-order valence-corrected chi connectivity index (χ0v) is 17.7. The molecule has 0 aliphatic rings. The monoisotopic (exact) mass is 450 g/mol. The third-order valence-electron chi connectivity index (χ3n) is 4.79. The van der Waals surface area contributed by atoms with Crippen LogP contribution in [0.3, 0.4) is 0 Å². The van der Waals surface area contributed by atoms with E-state index in [9.17, 15) is 14.0 Å². The fourth-order valence-corrected chi connectivity index (χ4v) is 4.90. The molecule has 9 heteroatoms. The quantitative estimate of drug-likeness (QED) is 0.300. The van der Waals surface area contributed by atoms with Crippen LogP contribution in [0.4, 0.5) is 4.39 Å². The molecule has 0 aliphatic heterocycles. The molecule has 5 aromatic rings. The molecule has 5 rings (SSSR count). The van der Waals surface area contributed by atoms with E-state index in [2.05, 4.69) is 9.97 Å². The molecule has 154 valence electrons. The van der Waals surface area contributed by atoms with Crippen molar-refractivity contribution in [2.75, 3.05) is 0 Å². The molecule has 0 unspecified atom stereocenters. The van der Waals surface area contributed by atoms with Gasteiger partial charge in [0.15, 0.2) is 10.1 Å². The molecule has 6 nitrogen and oxygen atoms in total. The van der Waals surface area contributed by atoms with Gasteiger partial charge in [-0.15, -0.1) is 11.3 Å². The van der Waals surface area contributed by atoms with Crippen LogP contribution in [0.1, 0.15) is 11.3 Å². The normalized spacial score (nSPS) is 11.4. The summed E-state index contributed by atoms with van der Waals surface area (Å²) in [5, 5.41) is 2.85. The highest BCUT2D eigenvalue weighted by molar-refractivity contribution is 7.98. The van der Waals surface area contributed by atoms with Crippen molar-refractivity contribution in [1.82, 2.24) is 18.9 Å². The van der Waals surface area contributed by atoms with Gasteiger partial charge in [0, 0.05) is 23.4 Å². The minimum absolute atomic E-state index is 0.142. The Morgan fingerprint density at radius 3 is 2.68 bits per heavy atom. The summed E-state index contributed by atoms with van der Waals surface area (Å²) in [7, 11) is 0. The minimum atomic E-state index is -0.330. The van der Waals surface area contributed by atoms with Gasteiger partial charge in [0.25, 0.3) is 11.1 Å². The number of thiazole rings is 1. The zero-order valence-electron chi connectivity index (χ0n) is 16.1. The molecule has 31 heavy (non-hydrogen) atoms. The van der Waals surface area contributed by atoms with Gasteiger partial charge in [0.1, 0.15) is 5.82 Å². The predicted molar refractivity (Wildman–Crippen MR) is 120 cm³/mol. The van der Waals surface area contributed by atoms with E-state index in [0.29, 0.717) is 32.5 Å². The number of fused-ring (bicyclic) bond motifs is 2. The van der Waals surface area contributed by atoms with Gasteiger partial charge in [-0.2, -0.15) is 0 Å². The third-order valence-corrected chi connectivity index (χ3v) is 6.55. The van der Waals surface area contributed by atoms with Crippen LogP contribution < -0.4 is 11.1 Å². The first-order chi connectivity index (χ1) is 15.1. The van der Waals surface area contributed by atoms with E-state index < -0.39 is 0 Å². The second-order valence-electron chi connectivity index (χ2n) is 6.86. The lowest BCUT2D eigenvalue weighted by molar-refractivity contribution is 0.622. The average molecular weight is 451 g/mol. The van der Waals surface area contributed by atoms with Gasteiger partial charge in [-0.25, -0.2) is 14.4 Å². The SMILES string of the molecule is O=c1c2ccccc2nc(SCc2cc(=O)n3ccsc3n2)n1Cc1ccc(F)cc1. The summed E-state index contributed by atoms with van der Waals surface area (Å²) >= 11 is 2.73. The molecule has 0 saturated carbocycles. The topological polar surface area (TPSA) is 69.3 Å². The molecule has 0 radical (unpaired) electrons. The number of aromatic nitrogens is 4. The Morgan fingerprint density at radius 1 is 1.03 bits per heavy atom. The van der Waals surface area contributed by atoms with Crippen LogP contribution in [0.15, 0.2) is 80.9 Å². The Hall–Kier alpha value is -3.30. The van der Waals surface area contributed by atoms with E-state index in [1.807, 2.05) is 11.4 Å². The molecule has 0 amide bonds. The number of hydrogen-bond acceptors (Lipinski definition) is 6. The van der Waals surface area contributed by atoms with Crippen molar-refractivity contribution in [3.63, 3.8) is 0 Å². The lowest BCUT2D eigenvalue weighted by atomic mass is 10.2. The molecule has 2 aromatic carbocycles. The number of rotatable bonds is 5. The van der Waals surface area contributed by atoms with E-state index in [4.69, 9.17) is 0 Å². The lowest BCUT2D eigenvalue weighted by Gasteiger charge is -2.13. The van der Waals surface area contributed by atoms with Crippen LogP contribution in [-0.4, -0.2) is 18.9 Å². The molecule has 0 saturated heterocycles. The van der Waals surface area contributed by atoms with E-state index in [1.54, 1.807) is 41.1 Å². The predicted octanol–water partition coefficient (Wildman–Crippen LogP) is 3.95. The van der Waals surface area contributed by atoms with E-state index in [1.165, 1.54) is 45.7 Å². The van der Waals surface area contributed by atoms with Gasteiger partial charge in [0.2, 0.25) is 0 Å².